The number of carboxylic acids is 1. The Balaban J connectivity index is 1.15. The summed E-state index contributed by atoms with van der Waals surface area (Å²) < 4.78 is 53.2. The Morgan fingerprint density at radius 3 is 2.63 bits per heavy atom. The number of benzene rings is 2. The van der Waals surface area contributed by atoms with Gasteiger partial charge < -0.3 is 14.6 Å². The lowest BCUT2D eigenvalue weighted by molar-refractivity contribution is -0.144. The van der Waals surface area contributed by atoms with E-state index in [2.05, 4.69) is 4.98 Å². The molecule has 196 valence electrons. The molecule has 3 aromatic rings. The summed E-state index contributed by atoms with van der Waals surface area (Å²) in [5, 5.41) is 9.59. The summed E-state index contributed by atoms with van der Waals surface area (Å²) in [7, 11) is 0. The third-order valence-corrected chi connectivity index (χ3v) is 9.13. The second kappa shape index (κ2) is 8.06. The first-order chi connectivity index (χ1) is 18.2. The Hall–Kier alpha value is -3.39. The Labute approximate surface area is 217 Å². The molecule has 3 atom stereocenters. The zero-order valence-corrected chi connectivity index (χ0v) is 20.6. The lowest BCUT2D eigenvalue weighted by Crippen LogP contribution is -2.45. The van der Waals surface area contributed by atoms with Crippen LogP contribution in [0.15, 0.2) is 54.7 Å². The second-order valence-electron chi connectivity index (χ2n) is 11.4. The van der Waals surface area contributed by atoms with Gasteiger partial charge in [-0.3, -0.25) is 4.79 Å². The van der Waals surface area contributed by atoms with Gasteiger partial charge in [0.05, 0.1) is 24.2 Å². The number of carboxylic acid groups (broad SMARTS) is 1. The lowest BCUT2D eigenvalue weighted by Gasteiger charge is -2.39. The van der Waals surface area contributed by atoms with E-state index in [1.165, 1.54) is 6.07 Å². The molecule has 4 aliphatic rings. The average Bonchev–Trinajstić information content (AvgIpc) is 3.49. The molecule has 1 N–H and O–H groups in total. The van der Waals surface area contributed by atoms with E-state index >= 15 is 0 Å². The molecule has 1 saturated heterocycles. The highest BCUT2D eigenvalue weighted by Gasteiger charge is 2.62. The minimum absolute atomic E-state index is 0.166. The summed E-state index contributed by atoms with van der Waals surface area (Å²) in [6.07, 6.45) is -0.196. The number of rotatable bonds is 5. The molecule has 0 amide bonds. The summed E-state index contributed by atoms with van der Waals surface area (Å²) in [5.74, 6) is -0.465. The smallest absolute Gasteiger partial charge is 0.416 e. The van der Waals surface area contributed by atoms with E-state index in [4.69, 9.17) is 9.47 Å². The summed E-state index contributed by atoms with van der Waals surface area (Å²) >= 11 is 0. The van der Waals surface area contributed by atoms with Crippen LogP contribution in [0.4, 0.5) is 13.2 Å². The summed E-state index contributed by atoms with van der Waals surface area (Å²) in [5.41, 5.74) is 3.73. The van der Waals surface area contributed by atoms with Crippen LogP contribution in [-0.2, 0) is 40.6 Å². The van der Waals surface area contributed by atoms with Gasteiger partial charge in [0.25, 0.3) is 0 Å². The first kappa shape index (κ1) is 23.7. The highest BCUT2D eigenvalue weighted by atomic mass is 19.4. The average molecular weight is 522 g/mol. The Morgan fingerprint density at radius 2 is 1.89 bits per heavy atom. The number of fused-ring (bicyclic) bond motifs is 4. The van der Waals surface area contributed by atoms with Crippen molar-refractivity contribution < 1.29 is 32.5 Å². The van der Waals surface area contributed by atoms with E-state index in [1.54, 1.807) is 18.3 Å². The first-order valence-electron chi connectivity index (χ1n) is 12.9. The lowest BCUT2D eigenvalue weighted by atomic mass is 9.78. The Bertz CT molecular complexity index is 1460. The maximum absolute atomic E-state index is 13.9. The van der Waals surface area contributed by atoms with E-state index in [0.717, 1.165) is 33.9 Å². The number of alkyl halides is 3. The number of nitrogens with zero attached hydrogens (tertiary/aromatic N) is 1. The van der Waals surface area contributed by atoms with Crippen LogP contribution in [0.5, 0.6) is 5.88 Å². The molecule has 2 heterocycles. The molecule has 1 spiro atoms. The van der Waals surface area contributed by atoms with Crippen LogP contribution in [0, 0.1) is 11.3 Å². The number of hydrogen-bond acceptors (Lipinski definition) is 4. The van der Waals surface area contributed by atoms with E-state index in [1.807, 2.05) is 24.3 Å². The monoisotopic (exact) mass is 521 g/mol. The SMILES string of the molecule is O=C(O)[C@@]12Cc3cnc(OCc4ccc5c(c4)C(c4ccccc4C(F)(F)F)CC54COC4)cc3C[C@@H]1C2. The van der Waals surface area contributed by atoms with Gasteiger partial charge in [-0.25, -0.2) is 4.98 Å². The van der Waals surface area contributed by atoms with E-state index in [9.17, 15) is 23.1 Å². The number of carbonyl (C=O) groups is 1. The van der Waals surface area contributed by atoms with Crippen molar-refractivity contribution in [1.29, 1.82) is 0 Å². The minimum Gasteiger partial charge on any atom is -0.481 e. The van der Waals surface area contributed by atoms with Crippen LogP contribution in [0.1, 0.15) is 57.7 Å². The van der Waals surface area contributed by atoms with Crippen LogP contribution in [-0.4, -0.2) is 29.3 Å². The molecule has 2 fully saturated rings. The fourth-order valence-electron chi connectivity index (χ4n) is 6.94. The molecule has 3 aliphatic carbocycles. The topological polar surface area (TPSA) is 68.7 Å². The largest absolute Gasteiger partial charge is 0.481 e. The Morgan fingerprint density at radius 1 is 1.08 bits per heavy atom. The number of aliphatic carboxylic acids is 1. The van der Waals surface area contributed by atoms with Gasteiger partial charge in [0.15, 0.2) is 0 Å². The highest BCUT2D eigenvalue weighted by Crippen LogP contribution is 2.60. The predicted molar refractivity (Wildman–Crippen MR) is 131 cm³/mol. The molecule has 5 nitrogen and oxygen atoms in total. The fourth-order valence-corrected chi connectivity index (χ4v) is 6.94. The summed E-state index contributed by atoms with van der Waals surface area (Å²) in [6, 6.07) is 13.7. The Kier molecular flexibility index (Phi) is 5.03. The molecule has 2 aromatic carbocycles. The van der Waals surface area contributed by atoms with Gasteiger partial charge in [-0.15, -0.1) is 0 Å². The molecule has 1 unspecified atom stereocenters. The van der Waals surface area contributed by atoms with Crippen LogP contribution in [0.3, 0.4) is 0 Å². The fraction of sp³-hybridized carbons (Fsp3) is 0.400. The highest BCUT2D eigenvalue weighted by molar-refractivity contribution is 5.80. The van der Waals surface area contributed by atoms with Gasteiger partial charge in [-0.2, -0.15) is 13.2 Å². The number of hydrogen-bond donors (Lipinski definition) is 1. The van der Waals surface area contributed by atoms with Gasteiger partial charge in [-0.1, -0.05) is 36.4 Å². The van der Waals surface area contributed by atoms with Gasteiger partial charge in [0, 0.05) is 23.6 Å². The molecule has 7 rings (SSSR count). The maximum Gasteiger partial charge on any atom is 0.416 e. The van der Waals surface area contributed by atoms with Gasteiger partial charge in [0.1, 0.15) is 6.61 Å². The normalized spacial score (nSPS) is 26.2. The molecule has 38 heavy (non-hydrogen) atoms. The van der Waals surface area contributed by atoms with Crippen molar-refractivity contribution in [3.8, 4) is 5.88 Å². The van der Waals surface area contributed by atoms with Crippen molar-refractivity contribution in [1.82, 2.24) is 4.98 Å². The van der Waals surface area contributed by atoms with E-state index in [-0.39, 0.29) is 23.9 Å². The van der Waals surface area contributed by atoms with Crippen LogP contribution in [0.25, 0.3) is 0 Å². The van der Waals surface area contributed by atoms with Gasteiger partial charge in [0.2, 0.25) is 5.88 Å². The van der Waals surface area contributed by atoms with Crippen molar-refractivity contribution in [2.45, 2.75) is 49.8 Å². The zero-order chi connectivity index (χ0) is 26.3. The third kappa shape index (κ3) is 3.56. The van der Waals surface area contributed by atoms with Gasteiger partial charge >= 0.3 is 12.1 Å². The molecule has 0 radical (unpaired) electrons. The molecular weight excluding hydrogens is 495 g/mol. The number of aromatic nitrogens is 1. The molecule has 8 heteroatoms. The van der Waals surface area contributed by atoms with Crippen LogP contribution >= 0.6 is 0 Å². The molecular formula is C30H26F3NO4. The van der Waals surface area contributed by atoms with E-state index < -0.39 is 23.1 Å². The quantitative estimate of drug-likeness (QED) is 0.469. The number of pyridine rings is 1. The van der Waals surface area contributed by atoms with E-state index in [0.29, 0.717) is 50.3 Å². The summed E-state index contributed by atoms with van der Waals surface area (Å²) in [4.78, 5) is 16.1. The standard InChI is InChI=1S/C30H26F3NO4/c31-30(32,33)25-4-2-1-3-21(25)23-12-28(15-37-16-28)24-6-5-17(7-22(23)24)14-38-26-9-18-8-20-11-29(20,27(35)36)10-19(18)13-34-26/h1-7,9,13,20,23H,8,10-12,14-16H2,(H,35,36)/t20-,23?,29-/m1/s1. The van der Waals surface area contributed by atoms with Crippen molar-refractivity contribution in [3.05, 3.63) is 93.7 Å². The predicted octanol–water partition coefficient (Wildman–Crippen LogP) is 5.67. The molecule has 1 aliphatic heterocycles. The zero-order valence-electron chi connectivity index (χ0n) is 20.6. The van der Waals surface area contributed by atoms with Crippen LogP contribution < -0.4 is 4.74 Å². The van der Waals surface area contributed by atoms with Gasteiger partial charge in [-0.05, 0) is 71.0 Å². The molecule has 1 aromatic heterocycles. The molecule has 0 bridgehead atoms. The van der Waals surface area contributed by atoms with Crippen LogP contribution in [0.2, 0.25) is 0 Å². The minimum atomic E-state index is -4.42. The maximum atomic E-state index is 13.9. The van der Waals surface area contributed by atoms with Crippen molar-refractivity contribution in [3.63, 3.8) is 0 Å². The summed E-state index contributed by atoms with van der Waals surface area (Å²) in [6.45, 7) is 1.27. The van der Waals surface area contributed by atoms with Crippen molar-refractivity contribution in [2.24, 2.45) is 11.3 Å². The second-order valence-corrected chi connectivity index (χ2v) is 11.4. The third-order valence-electron chi connectivity index (χ3n) is 9.13. The van der Waals surface area contributed by atoms with Crippen molar-refractivity contribution >= 4 is 5.97 Å². The van der Waals surface area contributed by atoms with Crippen molar-refractivity contribution in [2.75, 3.05) is 13.2 Å². The molecule has 1 saturated carbocycles. The number of ether oxygens (including phenoxy) is 2. The first-order valence-corrected chi connectivity index (χ1v) is 12.9. The number of halogens is 3.